The van der Waals surface area contributed by atoms with E-state index in [4.69, 9.17) is 15.0 Å². The molecule has 0 saturated heterocycles. The Kier molecular flexibility index (Phi) is 5.11. The summed E-state index contributed by atoms with van der Waals surface area (Å²) in [5.41, 5.74) is 14.1. The summed E-state index contributed by atoms with van der Waals surface area (Å²) in [4.78, 5) is 15.5. The number of benzene rings is 5. The SMILES string of the molecule is c1ccc(-c2cccc(-c3ncc4c(n3)C3(c5ccccc5-c5ccccc53)c3cnc(-c5ccccc5)cc3-4)c2)cc1. The molecule has 9 rings (SSSR count). The van der Waals surface area contributed by atoms with Gasteiger partial charge in [-0.2, -0.15) is 0 Å². The first-order valence-electron chi connectivity index (χ1n) is 14.6. The molecule has 43 heavy (non-hydrogen) atoms. The van der Waals surface area contributed by atoms with Crippen molar-refractivity contribution in [2.75, 3.05) is 0 Å². The highest BCUT2D eigenvalue weighted by Gasteiger charge is 2.53. The van der Waals surface area contributed by atoms with Crippen molar-refractivity contribution in [3.8, 4) is 56.0 Å². The molecule has 0 amide bonds. The van der Waals surface area contributed by atoms with Crippen LogP contribution in [0.2, 0.25) is 0 Å². The summed E-state index contributed by atoms with van der Waals surface area (Å²) >= 11 is 0. The number of rotatable bonds is 3. The predicted molar refractivity (Wildman–Crippen MR) is 172 cm³/mol. The molecule has 3 heteroatoms. The first-order valence-corrected chi connectivity index (χ1v) is 14.6. The summed E-state index contributed by atoms with van der Waals surface area (Å²) in [6, 6.07) is 49.1. The van der Waals surface area contributed by atoms with E-state index in [2.05, 4.69) is 134 Å². The largest absolute Gasteiger partial charge is 0.256 e. The molecule has 7 aromatic rings. The summed E-state index contributed by atoms with van der Waals surface area (Å²) in [6.07, 6.45) is 4.10. The molecule has 3 nitrogen and oxygen atoms in total. The van der Waals surface area contributed by atoms with Crippen LogP contribution in [0.3, 0.4) is 0 Å². The van der Waals surface area contributed by atoms with Gasteiger partial charge in [0.1, 0.15) is 0 Å². The van der Waals surface area contributed by atoms with Crippen LogP contribution in [0.5, 0.6) is 0 Å². The Labute approximate surface area is 250 Å². The zero-order chi connectivity index (χ0) is 28.4. The highest BCUT2D eigenvalue weighted by Crippen LogP contribution is 2.62. The third kappa shape index (κ3) is 3.39. The van der Waals surface area contributed by atoms with Crippen LogP contribution in [0.15, 0.2) is 152 Å². The van der Waals surface area contributed by atoms with Gasteiger partial charge in [-0.05, 0) is 56.6 Å². The van der Waals surface area contributed by atoms with E-state index in [0.29, 0.717) is 0 Å². The van der Waals surface area contributed by atoms with Crippen LogP contribution in [0.25, 0.3) is 56.0 Å². The van der Waals surface area contributed by atoms with E-state index in [-0.39, 0.29) is 0 Å². The zero-order valence-corrected chi connectivity index (χ0v) is 23.3. The number of hydrogen-bond acceptors (Lipinski definition) is 3. The second kappa shape index (κ2) is 9.17. The van der Waals surface area contributed by atoms with Crippen molar-refractivity contribution in [3.05, 3.63) is 174 Å². The third-order valence-electron chi connectivity index (χ3n) is 8.99. The standard InChI is InChI=1S/C40H25N3/c1-3-12-26(13-4-1)28-16-11-17-29(22-28)39-42-24-33-32-23-37(27-14-5-2-6-15-27)41-25-36(32)40(38(33)43-39)34-20-9-7-18-30(34)31-19-8-10-21-35(31)40/h1-25H. The van der Waals surface area contributed by atoms with Crippen molar-refractivity contribution in [2.45, 2.75) is 5.41 Å². The van der Waals surface area contributed by atoms with Gasteiger partial charge >= 0.3 is 0 Å². The summed E-state index contributed by atoms with van der Waals surface area (Å²) in [6.45, 7) is 0. The molecule has 0 bridgehead atoms. The Bertz CT molecular complexity index is 2140. The summed E-state index contributed by atoms with van der Waals surface area (Å²) < 4.78 is 0. The van der Waals surface area contributed by atoms with Gasteiger partial charge in [0.05, 0.1) is 16.8 Å². The average Bonchev–Trinajstić information content (AvgIpc) is 3.56. The van der Waals surface area contributed by atoms with Crippen LogP contribution >= 0.6 is 0 Å². The molecule has 2 aliphatic carbocycles. The molecule has 0 fully saturated rings. The van der Waals surface area contributed by atoms with Gasteiger partial charge in [0.15, 0.2) is 5.82 Å². The van der Waals surface area contributed by atoms with Crippen molar-refractivity contribution < 1.29 is 0 Å². The van der Waals surface area contributed by atoms with Crippen molar-refractivity contribution in [1.82, 2.24) is 15.0 Å². The summed E-state index contributed by atoms with van der Waals surface area (Å²) in [5.74, 6) is 0.724. The Balaban J connectivity index is 1.32. The Morgan fingerprint density at radius 3 is 1.72 bits per heavy atom. The van der Waals surface area contributed by atoms with E-state index in [1.165, 1.54) is 27.8 Å². The van der Waals surface area contributed by atoms with E-state index < -0.39 is 5.41 Å². The first kappa shape index (κ1) is 24.0. The van der Waals surface area contributed by atoms with Crippen LogP contribution in [-0.4, -0.2) is 15.0 Å². The summed E-state index contributed by atoms with van der Waals surface area (Å²) in [7, 11) is 0. The lowest BCUT2D eigenvalue weighted by Gasteiger charge is -2.29. The van der Waals surface area contributed by atoms with Gasteiger partial charge in [-0.15, -0.1) is 0 Å². The highest BCUT2D eigenvalue weighted by atomic mass is 14.9. The molecule has 0 N–H and O–H groups in total. The number of aromatic nitrogens is 3. The highest BCUT2D eigenvalue weighted by molar-refractivity contribution is 5.94. The molecule has 5 aromatic carbocycles. The van der Waals surface area contributed by atoms with Crippen molar-refractivity contribution in [1.29, 1.82) is 0 Å². The first-order chi connectivity index (χ1) is 21.3. The maximum absolute atomic E-state index is 5.47. The van der Waals surface area contributed by atoms with Crippen LogP contribution in [0.1, 0.15) is 22.4 Å². The zero-order valence-electron chi connectivity index (χ0n) is 23.3. The quantitative estimate of drug-likeness (QED) is 0.221. The molecule has 2 aliphatic rings. The van der Waals surface area contributed by atoms with Crippen molar-refractivity contribution >= 4 is 0 Å². The molecular weight excluding hydrogens is 522 g/mol. The molecular formula is C40H25N3. The number of fused-ring (bicyclic) bond motifs is 10. The van der Waals surface area contributed by atoms with E-state index >= 15 is 0 Å². The topological polar surface area (TPSA) is 38.7 Å². The van der Waals surface area contributed by atoms with Crippen molar-refractivity contribution in [2.24, 2.45) is 0 Å². The van der Waals surface area contributed by atoms with E-state index in [0.717, 1.165) is 50.6 Å². The Hall–Kier alpha value is -5.67. The molecule has 0 unspecified atom stereocenters. The van der Waals surface area contributed by atoms with Gasteiger partial charge < -0.3 is 0 Å². The average molecular weight is 548 g/mol. The lowest BCUT2D eigenvalue weighted by molar-refractivity contribution is 0.754. The van der Waals surface area contributed by atoms with Crippen LogP contribution < -0.4 is 0 Å². The van der Waals surface area contributed by atoms with Gasteiger partial charge in [-0.1, -0.05) is 127 Å². The maximum Gasteiger partial charge on any atom is 0.159 e. The number of pyridine rings is 1. The van der Waals surface area contributed by atoms with Crippen LogP contribution in [0.4, 0.5) is 0 Å². The Morgan fingerprint density at radius 2 is 1.00 bits per heavy atom. The minimum atomic E-state index is -0.575. The minimum absolute atomic E-state index is 0.575. The maximum atomic E-state index is 5.47. The fourth-order valence-electron chi connectivity index (χ4n) is 7.12. The lowest BCUT2D eigenvalue weighted by atomic mass is 9.73. The molecule has 1 spiro atoms. The predicted octanol–water partition coefficient (Wildman–Crippen LogP) is 9.22. The number of nitrogens with zero attached hydrogens (tertiary/aromatic N) is 3. The molecule has 0 atom stereocenters. The smallest absolute Gasteiger partial charge is 0.159 e. The van der Waals surface area contributed by atoms with Crippen molar-refractivity contribution in [3.63, 3.8) is 0 Å². The second-order valence-electron chi connectivity index (χ2n) is 11.2. The fourth-order valence-corrected chi connectivity index (χ4v) is 7.12. The van der Waals surface area contributed by atoms with Gasteiger partial charge in [0, 0.05) is 29.1 Å². The molecule has 2 aromatic heterocycles. The monoisotopic (exact) mass is 547 g/mol. The fraction of sp³-hybridized carbons (Fsp3) is 0.0250. The van der Waals surface area contributed by atoms with E-state index in [1.807, 2.05) is 18.3 Å². The third-order valence-corrected chi connectivity index (χ3v) is 8.99. The van der Waals surface area contributed by atoms with Crippen LogP contribution in [0, 0.1) is 0 Å². The second-order valence-corrected chi connectivity index (χ2v) is 11.2. The van der Waals surface area contributed by atoms with Gasteiger partial charge in [0.2, 0.25) is 0 Å². The molecule has 2 heterocycles. The van der Waals surface area contributed by atoms with E-state index in [1.54, 1.807) is 0 Å². The Morgan fingerprint density at radius 1 is 0.395 bits per heavy atom. The normalized spacial score (nSPS) is 13.3. The van der Waals surface area contributed by atoms with Gasteiger partial charge in [-0.3, -0.25) is 4.98 Å². The molecule has 200 valence electrons. The summed E-state index contributed by atoms with van der Waals surface area (Å²) in [5, 5.41) is 0. The van der Waals surface area contributed by atoms with Crippen LogP contribution in [-0.2, 0) is 5.41 Å². The molecule has 0 aliphatic heterocycles. The minimum Gasteiger partial charge on any atom is -0.256 e. The van der Waals surface area contributed by atoms with Gasteiger partial charge in [-0.25, -0.2) is 9.97 Å². The van der Waals surface area contributed by atoms with E-state index in [9.17, 15) is 0 Å². The molecule has 0 saturated carbocycles. The van der Waals surface area contributed by atoms with Gasteiger partial charge in [0.25, 0.3) is 0 Å². The molecule has 0 radical (unpaired) electrons. The number of hydrogen-bond donors (Lipinski definition) is 0. The lowest BCUT2D eigenvalue weighted by Crippen LogP contribution is -2.27.